The van der Waals surface area contributed by atoms with Crippen molar-refractivity contribution in [3.8, 4) is 5.75 Å². The van der Waals surface area contributed by atoms with Crippen LogP contribution in [0.1, 0.15) is 10.4 Å². The highest BCUT2D eigenvalue weighted by Crippen LogP contribution is 2.13. The number of carbonyl (C=O) groups excluding carboxylic acids is 1. The summed E-state index contributed by atoms with van der Waals surface area (Å²) in [5, 5.41) is 8.52. The van der Waals surface area contributed by atoms with Gasteiger partial charge in [0.1, 0.15) is 5.75 Å². The average molecular weight is 201 g/mol. The van der Waals surface area contributed by atoms with Crippen LogP contribution in [-0.4, -0.2) is 16.5 Å². The number of rotatable bonds is 2. The summed E-state index contributed by atoms with van der Waals surface area (Å²) in [5.41, 5.74) is -0.836. The van der Waals surface area contributed by atoms with Gasteiger partial charge in [-0.2, -0.15) is 0 Å². The summed E-state index contributed by atoms with van der Waals surface area (Å²) in [6, 6.07) is 5.34. The SMILES string of the molecule is O=C(Cl)Oc1ccc(C(=O)O)cc1. The van der Waals surface area contributed by atoms with Crippen LogP contribution in [0.4, 0.5) is 4.79 Å². The van der Waals surface area contributed by atoms with Crippen molar-refractivity contribution in [3.05, 3.63) is 29.8 Å². The first-order valence-electron chi connectivity index (χ1n) is 3.30. The van der Waals surface area contributed by atoms with Gasteiger partial charge in [-0.25, -0.2) is 9.59 Å². The van der Waals surface area contributed by atoms with Crippen molar-refractivity contribution in [1.82, 2.24) is 0 Å². The van der Waals surface area contributed by atoms with Crippen molar-refractivity contribution in [2.24, 2.45) is 0 Å². The zero-order valence-corrected chi connectivity index (χ0v) is 7.12. The van der Waals surface area contributed by atoms with Crippen molar-refractivity contribution in [1.29, 1.82) is 0 Å². The third-order valence-corrected chi connectivity index (χ3v) is 1.38. The smallest absolute Gasteiger partial charge is 0.409 e. The number of hydrogen-bond acceptors (Lipinski definition) is 3. The van der Waals surface area contributed by atoms with Gasteiger partial charge in [-0.15, -0.1) is 0 Å². The maximum Gasteiger partial charge on any atom is 0.409 e. The molecule has 0 atom stereocenters. The standard InChI is InChI=1S/C8H5ClO4/c9-8(12)13-6-3-1-5(2-4-6)7(10)11/h1-4H,(H,10,11). The van der Waals surface area contributed by atoms with E-state index in [9.17, 15) is 9.59 Å². The third kappa shape index (κ3) is 2.76. The molecule has 0 unspecified atom stereocenters. The number of aromatic carboxylic acids is 1. The summed E-state index contributed by atoms with van der Waals surface area (Å²) < 4.78 is 4.48. The van der Waals surface area contributed by atoms with Crippen molar-refractivity contribution < 1.29 is 19.4 Å². The number of carboxylic acids is 1. The van der Waals surface area contributed by atoms with E-state index in [0.29, 0.717) is 0 Å². The minimum absolute atomic E-state index is 0.120. The third-order valence-electron chi connectivity index (χ3n) is 1.30. The molecule has 0 bridgehead atoms. The topological polar surface area (TPSA) is 63.6 Å². The van der Waals surface area contributed by atoms with Gasteiger partial charge in [0.25, 0.3) is 0 Å². The number of hydrogen-bond donors (Lipinski definition) is 1. The molecule has 0 aliphatic heterocycles. The van der Waals surface area contributed by atoms with Crippen LogP contribution in [0.25, 0.3) is 0 Å². The molecule has 0 heterocycles. The molecule has 13 heavy (non-hydrogen) atoms. The van der Waals surface area contributed by atoms with E-state index < -0.39 is 11.4 Å². The van der Waals surface area contributed by atoms with Crippen LogP contribution in [0.3, 0.4) is 0 Å². The van der Waals surface area contributed by atoms with Gasteiger partial charge >= 0.3 is 11.4 Å². The second-order valence-corrected chi connectivity index (χ2v) is 2.48. The van der Waals surface area contributed by atoms with Gasteiger partial charge in [0.15, 0.2) is 0 Å². The summed E-state index contributed by atoms with van der Waals surface area (Å²) >= 11 is 4.94. The Hall–Kier alpha value is -1.55. The first-order chi connectivity index (χ1) is 6.09. The molecule has 0 saturated carbocycles. The molecule has 1 aromatic carbocycles. The number of ether oxygens (including phenoxy) is 1. The molecule has 0 amide bonds. The molecule has 0 saturated heterocycles. The van der Waals surface area contributed by atoms with E-state index >= 15 is 0 Å². The highest BCUT2D eigenvalue weighted by molar-refractivity contribution is 6.61. The van der Waals surface area contributed by atoms with Crippen LogP contribution in [0, 0.1) is 0 Å². The largest absolute Gasteiger partial charge is 0.478 e. The Labute approximate surface area is 78.7 Å². The van der Waals surface area contributed by atoms with E-state index in [4.69, 9.17) is 16.7 Å². The van der Waals surface area contributed by atoms with Crippen molar-refractivity contribution in [2.75, 3.05) is 0 Å². The zero-order chi connectivity index (χ0) is 9.84. The van der Waals surface area contributed by atoms with Crippen LogP contribution in [0.5, 0.6) is 5.75 Å². The molecule has 0 aliphatic carbocycles. The van der Waals surface area contributed by atoms with Gasteiger partial charge in [-0.05, 0) is 24.3 Å². The monoisotopic (exact) mass is 200 g/mol. The number of halogens is 1. The molecule has 1 rings (SSSR count). The number of benzene rings is 1. The summed E-state index contributed by atoms with van der Waals surface area (Å²) in [6.07, 6.45) is 0. The normalized spacial score (nSPS) is 9.31. The lowest BCUT2D eigenvalue weighted by Gasteiger charge is -1.99. The Morgan fingerprint density at radius 1 is 1.23 bits per heavy atom. The fraction of sp³-hybridized carbons (Fsp3) is 0. The van der Waals surface area contributed by atoms with Crippen molar-refractivity contribution in [2.45, 2.75) is 0 Å². The van der Waals surface area contributed by atoms with E-state index in [2.05, 4.69) is 4.74 Å². The lowest BCUT2D eigenvalue weighted by Crippen LogP contribution is -1.98. The number of carbonyl (C=O) groups is 2. The maximum absolute atomic E-state index is 10.4. The summed E-state index contributed by atoms with van der Waals surface area (Å²) in [5.74, 6) is -0.825. The summed E-state index contributed by atoms with van der Waals surface area (Å²) in [7, 11) is 0. The predicted molar refractivity (Wildman–Crippen MR) is 45.3 cm³/mol. The minimum Gasteiger partial charge on any atom is -0.478 e. The highest BCUT2D eigenvalue weighted by Gasteiger charge is 2.03. The van der Waals surface area contributed by atoms with Crippen LogP contribution < -0.4 is 4.74 Å². The fourth-order valence-corrected chi connectivity index (χ4v) is 0.847. The maximum atomic E-state index is 10.4. The van der Waals surface area contributed by atoms with Crippen molar-refractivity contribution >= 4 is 23.0 Å². The first-order valence-corrected chi connectivity index (χ1v) is 3.68. The second kappa shape index (κ2) is 3.91. The van der Waals surface area contributed by atoms with E-state index in [1.807, 2.05) is 0 Å². The Balaban J connectivity index is 2.81. The Morgan fingerprint density at radius 2 is 1.77 bits per heavy atom. The lowest BCUT2D eigenvalue weighted by molar-refractivity contribution is 0.0697. The second-order valence-electron chi connectivity index (χ2n) is 2.17. The molecule has 1 N–H and O–H groups in total. The minimum atomic E-state index is -1.04. The molecule has 68 valence electrons. The molecule has 0 radical (unpaired) electrons. The Bertz CT molecular complexity index is 331. The molecule has 0 aromatic heterocycles. The van der Waals surface area contributed by atoms with Crippen LogP contribution in [0.2, 0.25) is 0 Å². The van der Waals surface area contributed by atoms with Gasteiger partial charge < -0.3 is 9.84 Å². The predicted octanol–water partition coefficient (Wildman–Crippen LogP) is 2.12. The summed E-state index contributed by atoms with van der Waals surface area (Å²) in [6.45, 7) is 0. The first kappa shape index (κ1) is 9.54. The highest BCUT2D eigenvalue weighted by atomic mass is 35.5. The van der Waals surface area contributed by atoms with Crippen LogP contribution in [-0.2, 0) is 0 Å². The molecule has 5 heteroatoms. The van der Waals surface area contributed by atoms with Crippen LogP contribution in [0.15, 0.2) is 24.3 Å². The Morgan fingerprint density at radius 3 is 2.15 bits per heavy atom. The van der Waals surface area contributed by atoms with E-state index in [-0.39, 0.29) is 11.3 Å². The molecule has 0 spiro atoms. The van der Waals surface area contributed by atoms with Gasteiger partial charge in [0, 0.05) is 11.6 Å². The summed E-state index contributed by atoms with van der Waals surface area (Å²) in [4.78, 5) is 20.7. The molecule has 0 aliphatic rings. The average Bonchev–Trinajstić information content (AvgIpc) is 2.04. The fourth-order valence-electron chi connectivity index (χ4n) is 0.758. The van der Waals surface area contributed by atoms with Gasteiger partial charge in [-0.3, -0.25) is 0 Å². The van der Waals surface area contributed by atoms with E-state index in [1.54, 1.807) is 0 Å². The molecule has 4 nitrogen and oxygen atoms in total. The van der Waals surface area contributed by atoms with Crippen LogP contribution >= 0.6 is 11.6 Å². The van der Waals surface area contributed by atoms with Gasteiger partial charge in [-0.1, -0.05) is 0 Å². The number of carboxylic acid groups (broad SMARTS) is 1. The van der Waals surface area contributed by atoms with E-state index in [0.717, 1.165) is 0 Å². The molecule has 1 aromatic rings. The molecular weight excluding hydrogens is 196 g/mol. The quantitative estimate of drug-likeness (QED) is 0.743. The van der Waals surface area contributed by atoms with E-state index in [1.165, 1.54) is 24.3 Å². The van der Waals surface area contributed by atoms with Gasteiger partial charge in [0.2, 0.25) is 0 Å². The zero-order valence-electron chi connectivity index (χ0n) is 6.36. The van der Waals surface area contributed by atoms with Gasteiger partial charge in [0.05, 0.1) is 5.56 Å². The molecule has 0 fully saturated rings. The van der Waals surface area contributed by atoms with Crippen molar-refractivity contribution in [3.63, 3.8) is 0 Å². The molecular formula is C8H5ClO4. The Kier molecular flexibility index (Phi) is 2.87. The lowest BCUT2D eigenvalue weighted by atomic mass is 10.2.